The number of rotatable bonds is 8. The molecule has 2 atom stereocenters. The van der Waals surface area contributed by atoms with Crippen LogP contribution in [0.15, 0.2) is 48.5 Å². The average molecular weight is 328 g/mol. The number of hydrogen-bond donors (Lipinski definition) is 4. The maximum Gasteiger partial charge on any atom is 0.119 e. The predicted molar refractivity (Wildman–Crippen MR) is 88.3 cm³/mol. The molecule has 0 aromatic heterocycles. The van der Waals surface area contributed by atoms with Crippen molar-refractivity contribution in [1.82, 2.24) is 5.32 Å². The second kappa shape index (κ2) is 8.89. The van der Waals surface area contributed by atoms with Crippen molar-refractivity contribution in [1.29, 1.82) is 5.26 Å². The molecule has 0 bridgehead atoms. The lowest BCUT2D eigenvalue weighted by Gasteiger charge is -2.17. The Morgan fingerprint density at radius 1 is 1.04 bits per heavy atom. The first-order chi connectivity index (χ1) is 11.6. The third-order valence-corrected chi connectivity index (χ3v) is 3.47. The third kappa shape index (κ3) is 5.56. The van der Waals surface area contributed by atoms with E-state index in [0.717, 1.165) is 0 Å². The third-order valence-electron chi connectivity index (χ3n) is 3.47. The minimum atomic E-state index is -0.810. The van der Waals surface area contributed by atoms with Gasteiger partial charge >= 0.3 is 0 Å². The molecule has 0 heterocycles. The van der Waals surface area contributed by atoms with Crippen LogP contribution < -0.4 is 10.1 Å². The lowest BCUT2D eigenvalue weighted by molar-refractivity contribution is 0.0835. The minimum absolute atomic E-state index is 0.138. The SMILES string of the molecule is N#Cc1ccc(OCCC(O)NCC(O)c2ccc(O)cc2)cc1. The first-order valence-electron chi connectivity index (χ1n) is 7.60. The summed E-state index contributed by atoms with van der Waals surface area (Å²) in [7, 11) is 0. The highest BCUT2D eigenvalue weighted by atomic mass is 16.5. The average Bonchev–Trinajstić information content (AvgIpc) is 2.61. The number of aliphatic hydroxyl groups excluding tert-OH is 2. The van der Waals surface area contributed by atoms with Crippen molar-refractivity contribution < 1.29 is 20.1 Å². The molecule has 0 amide bonds. The van der Waals surface area contributed by atoms with Crippen LogP contribution in [0.1, 0.15) is 23.7 Å². The van der Waals surface area contributed by atoms with Gasteiger partial charge in [0.2, 0.25) is 0 Å². The maximum atomic E-state index is 10.0. The Morgan fingerprint density at radius 2 is 1.71 bits per heavy atom. The minimum Gasteiger partial charge on any atom is -0.508 e. The first-order valence-corrected chi connectivity index (χ1v) is 7.60. The van der Waals surface area contributed by atoms with Crippen molar-refractivity contribution in [2.75, 3.05) is 13.2 Å². The van der Waals surface area contributed by atoms with Gasteiger partial charge in [0.1, 0.15) is 17.7 Å². The van der Waals surface area contributed by atoms with Gasteiger partial charge in [-0.15, -0.1) is 0 Å². The van der Waals surface area contributed by atoms with E-state index in [-0.39, 0.29) is 12.3 Å². The summed E-state index contributed by atoms with van der Waals surface area (Å²) in [5.74, 6) is 0.768. The fourth-order valence-electron chi connectivity index (χ4n) is 2.08. The molecule has 0 aliphatic carbocycles. The zero-order valence-corrected chi connectivity index (χ0v) is 13.1. The van der Waals surface area contributed by atoms with Gasteiger partial charge in [0.25, 0.3) is 0 Å². The van der Waals surface area contributed by atoms with E-state index in [1.165, 1.54) is 12.1 Å². The molecule has 2 rings (SSSR count). The summed E-state index contributed by atoms with van der Waals surface area (Å²) < 4.78 is 5.48. The summed E-state index contributed by atoms with van der Waals surface area (Å²) in [4.78, 5) is 0. The monoisotopic (exact) mass is 328 g/mol. The van der Waals surface area contributed by atoms with Gasteiger partial charge in [-0.3, -0.25) is 5.32 Å². The normalized spacial score (nSPS) is 13.0. The van der Waals surface area contributed by atoms with Crippen LogP contribution in [0.25, 0.3) is 0 Å². The number of phenolic OH excluding ortho intramolecular Hbond substituents is 1. The van der Waals surface area contributed by atoms with Crippen LogP contribution in [-0.2, 0) is 0 Å². The molecule has 2 aromatic carbocycles. The molecule has 0 saturated heterocycles. The Morgan fingerprint density at radius 3 is 2.33 bits per heavy atom. The van der Waals surface area contributed by atoms with Crippen LogP contribution in [0.4, 0.5) is 0 Å². The van der Waals surface area contributed by atoms with Crippen LogP contribution in [0.3, 0.4) is 0 Å². The highest BCUT2D eigenvalue weighted by Crippen LogP contribution is 2.16. The Hall–Kier alpha value is -2.59. The summed E-state index contributed by atoms with van der Waals surface area (Å²) in [5, 5.41) is 40.6. The Labute approximate surface area is 140 Å². The van der Waals surface area contributed by atoms with E-state index in [9.17, 15) is 15.3 Å². The summed E-state index contributed by atoms with van der Waals surface area (Å²) in [6, 6.07) is 15.0. The second-order valence-corrected chi connectivity index (χ2v) is 5.30. The summed E-state index contributed by atoms with van der Waals surface area (Å²) >= 11 is 0. The van der Waals surface area contributed by atoms with Gasteiger partial charge in [-0.1, -0.05) is 12.1 Å². The van der Waals surface area contributed by atoms with Crippen LogP contribution in [0.2, 0.25) is 0 Å². The van der Waals surface area contributed by atoms with E-state index in [4.69, 9.17) is 10.00 Å². The fraction of sp³-hybridized carbons (Fsp3) is 0.278. The summed E-state index contributed by atoms with van der Waals surface area (Å²) in [6.45, 7) is 0.484. The van der Waals surface area contributed by atoms with Crippen molar-refractivity contribution in [2.45, 2.75) is 18.8 Å². The van der Waals surface area contributed by atoms with Crippen molar-refractivity contribution in [2.24, 2.45) is 0 Å². The van der Waals surface area contributed by atoms with E-state index in [1.807, 2.05) is 6.07 Å². The van der Waals surface area contributed by atoms with E-state index >= 15 is 0 Å². The van der Waals surface area contributed by atoms with E-state index in [1.54, 1.807) is 36.4 Å². The van der Waals surface area contributed by atoms with E-state index in [2.05, 4.69) is 5.32 Å². The Balaban J connectivity index is 1.68. The molecule has 2 aromatic rings. The van der Waals surface area contributed by atoms with Gasteiger partial charge in [0, 0.05) is 13.0 Å². The number of nitrogens with zero attached hydrogens (tertiary/aromatic N) is 1. The van der Waals surface area contributed by atoms with Crippen LogP contribution in [0.5, 0.6) is 11.5 Å². The number of ether oxygens (including phenoxy) is 1. The van der Waals surface area contributed by atoms with Gasteiger partial charge < -0.3 is 20.1 Å². The molecule has 126 valence electrons. The van der Waals surface area contributed by atoms with Crippen molar-refractivity contribution in [3.8, 4) is 17.6 Å². The lowest BCUT2D eigenvalue weighted by Crippen LogP contribution is -2.33. The van der Waals surface area contributed by atoms with Crippen molar-refractivity contribution >= 4 is 0 Å². The van der Waals surface area contributed by atoms with E-state index < -0.39 is 12.3 Å². The second-order valence-electron chi connectivity index (χ2n) is 5.30. The molecule has 2 unspecified atom stereocenters. The topological polar surface area (TPSA) is 106 Å². The van der Waals surface area contributed by atoms with Crippen molar-refractivity contribution in [3.05, 3.63) is 59.7 Å². The standard InChI is InChI=1S/C18H20N2O4/c19-11-13-1-7-16(8-2-13)24-10-9-18(23)20-12-17(22)14-3-5-15(21)6-4-14/h1-8,17-18,20-23H,9-10,12H2. The van der Waals surface area contributed by atoms with Gasteiger partial charge in [0.05, 0.1) is 24.3 Å². The lowest BCUT2D eigenvalue weighted by atomic mass is 10.1. The quantitative estimate of drug-likeness (QED) is 0.549. The molecule has 0 saturated carbocycles. The van der Waals surface area contributed by atoms with E-state index in [0.29, 0.717) is 29.9 Å². The number of phenols is 1. The van der Waals surface area contributed by atoms with Crippen molar-refractivity contribution in [3.63, 3.8) is 0 Å². The molecule has 4 N–H and O–H groups in total. The number of aromatic hydroxyl groups is 1. The molecule has 0 spiro atoms. The largest absolute Gasteiger partial charge is 0.508 e. The predicted octanol–water partition coefficient (Wildman–Crippen LogP) is 1.67. The fourth-order valence-corrected chi connectivity index (χ4v) is 2.08. The zero-order valence-electron chi connectivity index (χ0n) is 13.1. The van der Waals surface area contributed by atoms with Gasteiger partial charge in [-0.25, -0.2) is 0 Å². The molecular weight excluding hydrogens is 308 g/mol. The Kier molecular flexibility index (Phi) is 6.58. The molecule has 24 heavy (non-hydrogen) atoms. The number of hydrogen-bond acceptors (Lipinski definition) is 6. The highest BCUT2D eigenvalue weighted by Gasteiger charge is 2.10. The smallest absolute Gasteiger partial charge is 0.119 e. The first kappa shape index (κ1) is 17.8. The number of aliphatic hydroxyl groups is 2. The highest BCUT2D eigenvalue weighted by molar-refractivity contribution is 5.34. The molecule has 0 aliphatic heterocycles. The molecule has 6 nitrogen and oxygen atoms in total. The van der Waals surface area contributed by atoms with Gasteiger partial charge in [-0.2, -0.15) is 5.26 Å². The molecule has 0 aliphatic rings. The van der Waals surface area contributed by atoms with Crippen LogP contribution in [-0.4, -0.2) is 34.7 Å². The number of benzene rings is 2. The summed E-state index contributed by atoms with van der Waals surface area (Å²) in [5.41, 5.74) is 1.22. The van der Waals surface area contributed by atoms with Crippen LogP contribution in [0, 0.1) is 11.3 Å². The number of nitrogens with one attached hydrogen (secondary N) is 1. The molecule has 6 heteroatoms. The van der Waals surface area contributed by atoms with Gasteiger partial charge in [-0.05, 0) is 42.0 Å². The zero-order chi connectivity index (χ0) is 17.4. The van der Waals surface area contributed by atoms with Crippen LogP contribution >= 0.6 is 0 Å². The molecular formula is C18H20N2O4. The maximum absolute atomic E-state index is 10.0. The summed E-state index contributed by atoms with van der Waals surface area (Å²) in [6.07, 6.45) is -1.24. The number of nitriles is 1. The Bertz CT molecular complexity index is 665. The molecule has 0 radical (unpaired) electrons. The van der Waals surface area contributed by atoms with Gasteiger partial charge in [0.15, 0.2) is 0 Å². The molecule has 0 fully saturated rings.